The number of piperidine rings is 1. The predicted molar refractivity (Wildman–Crippen MR) is 123 cm³/mol. The number of primary amides is 1. The van der Waals surface area contributed by atoms with E-state index < -0.39 is 5.91 Å². The molecule has 0 bridgehead atoms. The van der Waals surface area contributed by atoms with Crippen molar-refractivity contribution in [1.29, 1.82) is 0 Å². The van der Waals surface area contributed by atoms with E-state index in [2.05, 4.69) is 11.0 Å². The first-order chi connectivity index (χ1) is 15.5. The number of carbonyl (C=O) groups excluding carboxylic acids is 1. The van der Waals surface area contributed by atoms with Gasteiger partial charge in [0.15, 0.2) is 11.6 Å². The van der Waals surface area contributed by atoms with Crippen molar-refractivity contribution in [3.63, 3.8) is 0 Å². The second kappa shape index (κ2) is 8.00. The van der Waals surface area contributed by atoms with E-state index in [1.807, 2.05) is 37.3 Å². The fourth-order valence-corrected chi connectivity index (χ4v) is 4.51. The smallest absolute Gasteiger partial charge is 0.284 e. The SMILES string of the molecule is Cc1ccc2c(N3CCC[C@H](c4ccoc4C(N)=O)C3)nc(-c3ccccc3O)nc2c1. The van der Waals surface area contributed by atoms with Gasteiger partial charge in [-0.2, -0.15) is 0 Å². The number of carbonyl (C=O) groups is 1. The maximum absolute atomic E-state index is 11.8. The number of para-hydroxylation sites is 1. The number of hydrogen-bond acceptors (Lipinski definition) is 6. The number of phenolic OH excluding ortho intramolecular Hbond substituents is 1. The number of hydrogen-bond donors (Lipinski definition) is 2. The van der Waals surface area contributed by atoms with Crippen LogP contribution in [-0.2, 0) is 0 Å². The zero-order valence-electron chi connectivity index (χ0n) is 17.8. The quantitative estimate of drug-likeness (QED) is 0.499. The van der Waals surface area contributed by atoms with Crippen molar-refractivity contribution in [2.24, 2.45) is 5.73 Å². The minimum Gasteiger partial charge on any atom is -0.507 e. The van der Waals surface area contributed by atoms with E-state index in [-0.39, 0.29) is 17.4 Å². The minimum absolute atomic E-state index is 0.106. The lowest BCUT2D eigenvalue weighted by molar-refractivity contribution is 0.0972. The van der Waals surface area contributed by atoms with Gasteiger partial charge in [0.1, 0.15) is 11.6 Å². The average Bonchev–Trinajstić information content (AvgIpc) is 3.29. The number of aromatic hydroxyl groups is 1. The molecule has 1 saturated heterocycles. The van der Waals surface area contributed by atoms with Gasteiger partial charge in [0.25, 0.3) is 5.91 Å². The van der Waals surface area contributed by atoms with Crippen LogP contribution >= 0.6 is 0 Å². The van der Waals surface area contributed by atoms with Crippen LogP contribution in [0, 0.1) is 6.92 Å². The van der Waals surface area contributed by atoms with Crippen molar-refractivity contribution in [2.75, 3.05) is 18.0 Å². The molecule has 32 heavy (non-hydrogen) atoms. The van der Waals surface area contributed by atoms with Crippen LogP contribution in [0.25, 0.3) is 22.3 Å². The molecule has 5 rings (SSSR count). The summed E-state index contributed by atoms with van der Waals surface area (Å²) in [4.78, 5) is 23.7. The third kappa shape index (κ3) is 3.56. The second-order valence-corrected chi connectivity index (χ2v) is 8.26. The van der Waals surface area contributed by atoms with Crippen LogP contribution in [0.2, 0.25) is 0 Å². The molecule has 1 fully saturated rings. The van der Waals surface area contributed by atoms with Crippen LogP contribution in [0.1, 0.15) is 40.4 Å². The highest BCUT2D eigenvalue weighted by Gasteiger charge is 2.28. The standard InChI is InChI=1S/C25H24N4O3/c1-15-8-9-18-20(13-15)27-24(19-6-2-3-7-21(19)30)28-25(18)29-11-4-5-16(14-29)17-10-12-32-22(17)23(26)31/h2-3,6-10,12-13,16,30H,4-5,11,14H2,1H3,(H2,26,31)/t16-/m0/s1. The summed E-state index contributed by atoms with van der Waals surface area (Å²) >= 11 is 0. The van der Waals surface area contributed by atoms with Crippen LogP contribution in [0.4, 0.5) is 5.82 Å². The molecule has 1 aliphatic heterocycles. The summed E-state index contributed by atoms with van der Waals surface area (Å²) in [7, 11) is 0. The highest BCUT2D eigenvalue weighted by molar-refractivity contribution is 5.93. The Morgan fingerprint density at radius 1 is 1.19 bits per heavy atom. The van der Waals surface area contributed by atoms with E-state index in [0.29, 0.717) is 17.9 Å². The van der Waals surface area contributed by atoms with Gasteiger partial charge in [-0.15, -0.1) is 0 Å². The molecule has 0 spiro atoms. The van der Waals surface area contributed by atoms with Crippen molar-refractivity contribution in [1.82, 2.24) is 9.97 Å². The van der Waals surface area contributed by atoms with Gasteiger partial charge in [0, 0.05) is 30.0 Å². The van der Waals surface area contributed by atoms with Crippen LogP contribution in [0.15, 0.2) is 59.2 Å². The van der Waals surface area contributed by atoms with Crippen LogP contribution in [-0.4, -0.2) is 34.1 Å². The monoisotopic (exact) mass is 428 g/mol. The number of benzene rings is 2. The van der Waals surface area contributed by atoms with Gasteiger partial charge in [-0.3, -0.25) is 4.79 Å². The van der Waals surface area contributed by atoms with Crippen molar-refractivity contribution in [3.8, 4) is 17.1 Å². The van der Waals surface area contributed by atoms with Gasteiger partial charge in [0.05, 0.1) is 17.3 Å². The number of aromatic nitrogens is 2. The molecule has 1 amide bonds. The topological polar surface area (TPSA) is 105 Å². The summed E-state index contributed by atoms with van der Waals surface area (Å²) < 4.78 is 5.35. The van der Waals surface area contributed by atoms with Gasteiger partial charge in [0.2, 0.25) is 0 Å². The van der Waals surface area contributed by atoms with E-state index in [4.69, 9.17) is 20.1 Å². The number of nitrogens with zero attached hydrogens (tertiary/aromatic N) is 3. The molecule has 1 atom stereocenters. The lowest BCUT2D eigenvalue weighted by Gasteiger charge is -2.34. The molecule has 2 aromatic carbocycles. The first-order valence-corrected chi connectivity index (χ1v) is 10.7. The zero-order valence-corrected chi connectivity index (χ0v) is 17.8. The fraction of sp³-hybridized carbons (Fsp3) is 0.240. The van der Waals surface area contributed by atoms with E-state index in [1.54, 1.807) is 12.1 Å². The Kier molecular flexibility index (Phi) is 5.01. The number of fused-ring (bicyclic) bond motifs is 1. The molecule has 0 saturated carbocycles. The highest BCUT2D eigenvalue weighted by Crippen LogP contribution is 2.36. The van der Waals surface area contributed by atoms with Crippen LogP contribution < -0.4 is 10.6 Å². The van der Waals surface area contributed by atoms with Gasteiger partial charge >= 0.3 is 0 Å². The van der Waals surface area contributed by atoms with E-state index in [0.717, 1.165) is 47.2 Å². The first kappa shape index (κ1) is 20.1. The Hall–Kier alpha value is -3.87. The summed E-state index contributed by atoms with van der Waals surface area (Å²) in [6, 6.07) is 15.1. The Balaban J connectivity index is 1.60. The third-order valence-corrected chi connectivity index (χ3v) is 6.06. The molecule has 0 unspecified atom stereocenters. The molecule has 0 radical (unpaired) electrons. The molecule has 162 valence electrons. The first-order valence-electron chi connectivity index (χ1n) is 10.7. The number of phenols is 1. The number of furan rings is 1. The minimum atomic E-state index is -0.549. The van der Waals surface area contributed by atoms with Crippen LogP contribution in [0.5, 0.6) is 5.75 Å². The number of amides is 1. The second-order valence-electron chi connectivity index (χ2n) is 8.26. The summed E-state index contributed by atoms with van der Waals surface area (Å²) in [5, 5.41) is 11.3. The lowest BCUT2D eigenvalue weighted by atomic mass is 9.90. The Bertz CT molecular complexity index is 1310. The summed E-state index contributed by atoms with van der Waals surface area (Å²) in [6.07, 6.45) is 3.40. The number of aryl methyl sites for hydroxylation is 1. The van der Waals surface area contributed by atoms with Crippen molar-refractivity contribution in [2.45, 2.75) is 25.7 Å². The molecular formula is C25H24N4O3. The van der Waals surface area contributed by atoms with Crippen molar-refractivity contribution in [3.05, 3.63) is 71.7 Å². The maximum Gasteiger partial charge on any atom is 0.284 e. The molecule has 1 aliphatic rings. The molecule has 2 aromatic heterocycles. The van der Waals surface area contributed by atoms with E-state index in [9.17, 15) is 9.90 Å². The summed E-state index contributed by atoms with van der Waals surface area (Å²) in [5.41, 5.74) is 8.88. The molecule has 0 aliphatic carbocycles. The Morgan fingerprint density at radius 3 is 2.84 bits per heavy atom. The van der Waals surface area contributed by atoms with Crippen molar-refractivity contribution < 1.29 is 14.3 Å². The Morgan fingerprint density at radius 2 is 2.03 bits per heavy atom. The molecule has 3 heterocycles. The third-order valence-electron chi connectivity index (χ3n) is 6.06. The van der Waals surface area contributed by atoms with E-state index >= 15 is 0 Å². The zero-order chi connectivity index (χ0) is 22.2. The van der Waals surface area contributed by atoms with E-state index in [1.165, 1.54) is 6.26 Å². The Labute approximate surface area is 185 Å². The van der Waals surface area contributed by atoms with Crippen LogP contribution in [0.3, 0.4) is 0 Å². The predicted octanol–water partition coefficient (Wildman–Crippen LogP) is 4.39. The molecule has 7 heteroatoms. The summed E-state index contributed by atoms with van der Waals surface area (Å²) in [5.74, 6) is 1.24. The van der Waals surface area contributed by atoms with Gasteiger partial charge in [-0.1, -0.05) is 18.2 Å². The summed E-state index contributed by atoms with van der Waals surface area (Å²) in [6.45, 7) is 3.54. The molecular weight excluding hydrogens is 404 g/mol. The maximum atomic E-state index is 11.8. The van der Waals surface area contributed by atoms with Gasteiger partial charge in [-0.05, 0) is 55.7 Å². The molecule has 3 N–H and O–H groups in total. The number of rotatable bonds is 4. The highest BCUT2D eigenvalue weighted by atomic mass is 16.3. The number of nitrogens with two attached hydrogens (primary N) is 1. The molecule has 7 nitrogen and oxygen atoms in total. The van der Waals surface area contributed by atoms with Gasteiger partial charge < -0.3 is 20.2 Å². The lowest BCUT2D eigenvalue weighted by Crippen LogP contribution is -2.35. The molecule has 4 aromatic rings. The van der Waals surface area contributed by atoms with Crippen molar-refractivity contribution >= 4 is 22.6 Å². The normalized spacial score (nSPS) is 16.4. The van der Waals surface area contributed by atoms with Gasteiger partial charge in [-0.25, -0.2) is 9.97 Å². The average molecular weight is 428 g/mol. The number of anilines is 1. The fourth-order valence-electron chi connectivity index (χ4n) is 4.51. The largest absolute Gasteiger partial charge is 0.507 e.